The molecule has 0 N–H and O–H groups in total. The molecule has 2 aliphatic rings. The van der Waals surface area contributed by atoms with Crippen molar-refractivity contribution in [3.05, 3.63) is 380 Å². The van der Waals surface area contributed by atoms with Crippen LogP contribution in [-0.4, -0.2) is 23.7 Å². The van der Waals surface area contributed by atoms with Crippen LogP contribution in [-0.2, 0) is 5.41 Å². The molecule has 8 heteroatoms. The average molecular weight is 1490 g/mol. The molecule has 0 fully saturated rings. The van der Waals surface area contributed by atoms with E-state index in [1.165, 1.54) is 165 Å². The van der Waals surface area contributed by atoms with Gasteiger partial charge in [0, 0.05) is 115 Å². The molecule has 113 heavy (non-hydrogen) atoms. The number of hydrogen-bond acceptors (Lipinski definition) is 5. The van der Waals surface area contributed by atoms with E-state index in [-0.39, 0.29) is 0 Å². The van der Waals surface area contributed by atoms with E-state index in [0.29, 0.717) is 5.95 Å². The van der Waals surface area contributed by atoms with Crippen molar-refractivity contribution in [2.75, 3.05) is 0 Å². The minimum Gasteiger partial charge on any atom is -0.309 e. The number of thiophene rings is 3. The summed E-state index contributed by atoms with van der Waals surface area (Å²) in [5.74, 6) is 0.610. The maximum Gasteiger partial charge on any atom is 0.235 e. The highest BCUT2D eigenvalue weighted by Crippen LogP contribution is 2.64. The van der Waals surface area contributed by atoms with Gasteiger partial charge in [0.25, 0.3) is 0 Å². The first-order valence-corrected chi connectivity index (χ1v) is 41.1. The number of hydrogen-bond donors (Lipinski definition) is 0. The fraction of sp³-hybridized carbons (Fsp3) is 0.00952. The maximum absolute atomic E-state index is 6.05. The number of nitrogens with zero attached hydrogens (tertiary/aromatic N) is 5. The van der Waals surface area contributed by atoms with Gasteiger partial charge in [-0.1, -0.05) is 212 Å². The summed E-state index contributed by atoms with van der Waals surface area (Å²) in [6.45, 7) is 0. The van der Waals surface area contributed by atoms with Gasteiger partial charge in [-0.3, -0.25) is 4.57 Å². The highest BCUT2D eigenvalue weighted by atomic mass is 32.1. The van der Waals surface area contributed by atoms with Crippen molar-refractivity contribution >= 4 is 171 Å². The third-order valence-corrected chi connectivity index (χ3v) is 28.3. The zero-order valence-corrected chi connectivity index (χ0v) is 63.0. The summed E-state index contributed by atoms with van der Waals surface area (Å²) < 4.78 is 15.1. The minimum absolute atomic E-state index is 0.610. The highest BCUT2D eigenvalue weighted by Gasteiger charge is 2.52. The summed E-state index contributed by atoms with van der Waals surface area (Å²) in [5.41, 5.74) is 28.0. The Balaban J connectivity index is 0.680. The van der Waals surface area contributed by atoms with E-state index in [1.54, 1.807) is 0 Å². The molecule has 5 nitrogen and oxygen atoms in total. The Hall–Kier alpha value is -13.9. The van der Waals surface area contributed by atoms with Crippen LogP contribution in [0, 0.1) is 0 Å². The lowest BCUT2D eigenvalue weighted by Crippen LogP contribution is -2.26. The summed E-state index contributed by atoms with van der Waals surface area (Å²) in [5, 5.41) is 15.9. The molecule has 7 aromatic heterocycles. The topological polar surface area (TPSA) is 40.6 Å². The van der Waals surface area contributed by atoms with Gasteiger partial charge in [-0.15, -0.1) is 34.0 Å². The lowest BCUT2D eigenvalue weighted by molar-refractivity contribution is 0.793. The summed E-state index contributed by atoms with van der Waals surface area (Å²) in [6.07, 6.45) is 0. The Kier molecular flexibility index (Phi) is 12.7. The second-order valence-corrected chi connectivity index (χ2v) is 33.8. The molecule has 0 atom stereocenters. The van der Waals surface area contributed by atoms with Gasteiger partial charge in [0.05, 0.1) is 49.7 Å². The number of para-hydroxylation sites is 3. The number of fused-ring (bicyclic) bond motifs is 29. The fourth-order valence-electron chi connectivity index (χ4n) is 19.9. The van der Waals surface area contributed by atoms with E-state index in [0.717, 1.165) is 71.9 Å². The van der Waals surface area contributed by atoms with E-state index in [4.69, 9.17) is 9.97 Å². The molecule has 0 amide bonds. The molecule has 0 unspecified atom stereocenters. The molecule has 0 radical (unpaired) electrons. The van der Waals surface area contributed by atoms with Crippen LogP contribution in [0.4, 0.5) is 0 Å². The van der Waals surface area contributed by atoms with Gasteiger partial charge < -0.3 is 9.13 Å². The largest absolute Gasteiger partial charge is 0.309 e. The van der Waals surface area contributed by atoms with Crippen molar-refractivity contribution in [1.29, 1.82) is 0 Å². The number of rotatable bonds is 7. The molecule has 26 rings (SSSR count). The highest BCUT2D eigenvalue weighted by molar-refractivity contribution is 7.26. The molecule has 522 valence electrons. The minimum atomic E-state index is -0.715. The van der Waals surface area contributed by atoms with Crippen LogP contribution >= 0.6 is 34.0 Å². The lowest BCUT2D eigenvalue weighted by Gasteiger charge is -2.31. The summed E-state index contributed by atoms with van der Waals surface area (Å²) in [7, 11) is 0. The molecule has 7 heterocycles. The first-order chi connectivity index (χ1) is 56.0. The van der Waals surface area contributed by atoms with E-state index in [9.17, 15) is 0 Å². The predicted octanol–water partition coefficient (Wildman–Crippen LogP) is 29.0. The van der Waals surface area contributed by atoms with Crippen LogP contribution in [0.15, 0.2) is 358 Å². The van der Waals surface area contributed by atoms with Crippen molar-refractivity contribution < 1.29 is 0 Å². The summed E-state index contributed by atoms with van der Waals surface area (Å²) in [4.78, 5) is 11.8. The summed E-state index contributed by atoms with van der Waals surface area (Å²) >= 11 is 5.58. The molecule has 0 aliphatic heterocycles. The molecule has 24 aromatic rings. The molecule has 17 aromatic carbocycles. The van der Waals surface area contributed by atoms with Crippen molar-refractivity contribution in [2.45, 2.75) is 5.41 Å². The van der Waals surface area contributed by atoms with E-state index < -0.39 is 5.41 Å². The number of benzene rings is 17. The lowest BCUT2D eigenvalue weighted by atomic mass is 9.70. The van der Waals surface area contributed by atoms with Gasteiger partial charge in [0.15, 0.2) is 0 Å². The first-order valence-electron chi connectivity index (χ1n) is 38.6. The molecular formula is C105H59N5S3. The van der Waals surface area contributed by atoms with Gasteiger partial charge in [-0.05, 0) is 223 Å². The van der Waals surface area contributed by atoms with Crippen molar-refractivity contribution in [3.8, 4) is 84.2 Å². The Morgan fingerprint density at radius 1 is 0.204 bits per heavy atom. The smallest absolute Gasteiger partial charge is 0.235 e. The van der Waals surface area contributed by atoms with Gasteiger partial charge >= 0.3 is 0 Å². The Morgan fingerprint density at radius 3 is 1.03 bits per heavy atom. The van der Waals surface area contributed by atoms with Crippen molar-refractivity contribution in [1.82, 2.24) is 23.7 Å². The first kappa shape index (κ1) is 62.0. The zero-order valence-electron chi connectivity index (χ0n) is 60.5. The second kappa shape index (κ2) is 23.1. The Morgan fingerprint density at radius 2 is 0.540 bits per heavy atom. The molecule has 0 saturated carbocycles. The normalized spacial score (nSPS) is 13.0. The van der Waals surface area contributed by atoms with Crippen molar-refractivity contribution in [3.63, 3.8) is 0 Å². The quantitative estimate of drug-likeness (QED) is 0.160. The van der Waals surface area contributed by atoms with Gasteiger partial charge in [-0.25, -0.2) is 9.97 Å². The molecule has 2 aliphatic carbocycles. The van der Waals surface area contributed by atoms with Crippen LogP contribution in [0.3, 0.4) is 0 Å². The Labute approximate surface area is 659 Å². The fourth-order valence-corrected chi connectivity index (χ4v) is 23.2. The Bertz CT molecular complexity index is 8310. The van der Waals surface area contributed by atoms with E-state index in [1.807, 2.05) is 34.0 Å². The van der Waals surface area contributed by atoms with Crippen LogP contribution in [0.2, 0.25) is 0 Å². The van der Waals surface area contributed by atoms with Gasteiger partial charge in [0.2, 0.25) is 5.95 Å². The molecule has 0 bridgehead atoms. The van der Waals surface area contributed by atoms with Crippen LogP contribution in [0.1, 0.15) is 22.3 Å². The van der Waals surface area contributed by atoms with Crippen molar-refractivity contribution in [2.24, 2.45) is 0 Å². The van der Waals surface area contributed by atoms with E-state index >= 15 is 0 Å². The van der Waals surface area contributed by atoms with Gasteiger partial charge in [0.1, 0.15) is 0 Å². The predicted molar refractivity (Wildman–Crippen MR) is 479 cm³/mol. The molecular weight excluding hydrogens is 1430 g/mol. The summed E-state index contributed by atoms with van der Waals surface area (Å²) in [6, 6.07) is 135. The molecule has 1 spiro atoms. The average Bonchev–Trinajstić information content (AvgIpc) is 1.50. The van der Waals surface area contributed by atoms with Crippen LogP contribution < -0.4 is 0 Å². The third kappa shape index (κ3) is 8.69. The monoisotopic (exact) mass is 1490 g/mol. The van der Waals surface area contributed by atoms with Crippen LogP contribution in [0.5, 0.6) is 0 Å². The van der Waals surface area contributed by atoms with Crippen LogP contribution in [0.25, 0.3) is 221 Å². The third-order valence-electron chi connectivity index (χ3n) is 24.9. The zero-order chi connectivity index (χ0) is 73.5. The number of aromatic nitrogens is 5. The molecule has 0 saturated heterocycles. The van der Waals surface area contributed by atoms with Gasteiger partial charge in [-0.2, -0.15) is 0 Å². The standard InChI is InChI=1S/C105H59N5S3/c1-9-25-86-69(17-1)70-18-2-10-26-87(70)105(86)88-57-66(33-42-71(88)72-43-40-68(59-89(72)105)109-92-28-12-4-20-74(92)80-52-61(35-46-95(80)109)64-38-49-101-83(55-64)77-23-7-15-31-98(77)112-101)103-85-58-67(108-91-27-11-3-19-73(91)79-51-60(34-45-94(79)108)63-37-48-100-82(54-63)76-22-6-14-30-97(76)111-100)41-44-90(85)106-104(107-103)110-93-29-13-5-21-75(93)81-53-62(36-47-96(81)110)65-39-50-102-84(56-65)78-24-8-16-32-99(78)113-102/h1-59H. The second-order valence-electron chi connectivity index (χ2n) is 30.6. The SMILES string of the molecule is c1ccc2c(c1)-c1ccccc1C21c2cc(-c3nc(-n4c5ccccc5c5cc(-c6ccc7sc8ccccc8c7c6)ccc54)nc4ccc(-n5c6ccccc6c6cc(-c7ccc8sc9ccccc9c8c7)ccc65)cc34)ccc2-c2ccc(-n3c4ccccc4c4cc(-c5ccc6sc7ccccc7c6c5)ccc43)cc21. The van der Waals surface area contributed by atoms with E-state index in [2.05, 4.69) is 372 Å². The maximum atomic E-state index is 6.05.